The molecule has 2 heterocycles. The normalized spacial score (nSPS) is 19.4. The minimum absolute atomic E-state index is 0.155. The zero-order valence-electron chi connectivity index (χ0n) is 12.9. The zero-order valence-corrected chi connectivity index (χ0v) is 12.9. The molecule has 0 spiro atoms. The number of halogens is 3. The molecule has 134 valence electrons. The Hall–Kier alpha value is -1.35. The van der Waals surface area contributed by atoms with Crippen molar-refractivity contribution >= 4 is 11.9 Å². The monoisotopic (exact) mass is 340 g/mol. The summed E-state index contributed by atoms with van der Waals surface area (Å²) in [5.41, 5.74) is 0. The summed E-state index contributed by atoms with van der Waals surface area (Å²) in [5, 5.41) is 12.1. The molecule has 0 atom stereocenters. The van der Waals surface area contributed by atoms with Crippen molar-refractivity contribution in [1.29, 1.82) is 0 Å². The third-order valence-electron chi connectivity index (χ3n) is 3.77. The third-order valence-corrected chi connectivity index (χ3v) is 3.77. The first-order valence-corrected chi connectivity index (χ1v) is 7.75. The molecule has 2 aliphatic rings. The Morgan fingerprint density at radius 2 is 1.91 bits per heavy atom. The molecule has 6 nitrogen and oxygen atoms in total. The van der Waals surface area contributed by atoms with E-state index in [1.807, 2.05) is 0 Å². The molecular formula is C14H23F3N2O4. The van der Waals surface area contributed by atoms with Crippen LogP contribution in [0.5, 0.6) is 0 Å². The van der Waals surface area contributed by atoms with Crippen LogP contribution in [-0.2, 0) is 14.4 Å². The first-order valence-electron chi connectivity index (χ1n) is 7.75. The fourth-order valence-corrected chi connectivity index (χ4v) is 2.49. The second-order valence-electron chi connectivity index (χ2n) is 5.57. The maximum atomic E-state index is 11.3. The van der Waals surface area contributed by atoms with Gasteiger partial charge in [-0.05, 0) is 38.3 Å². The number of carbonyl (C=O) groups excluding carboxylic acids is 1. The molecule has 0 aromatic heterocycles. The Morgan fingerprint density at radius 3 is 2.39 bits per heavy atom. The number of amides is 1. The maximum Gasteiger partial charge on any atom is 0.490 e. The predicted molar refractivity (Wildman–Crippen MR) is 75.4 cm³/mol. The van der Waals surface area contributed by atoms with Gasteiger partial charge in [0.15, 0.2) is 0 Å². The summed E-state index contributed by atoms with van der Waals surface area (Å²) in [6, 6.07) is 0. The zero-order chi connectivity index (χ0) is 17.3. The predicted octanol–water partition coefficient (Wildman–Crippen LogP) is 1.95. The van der Waals surface area contributed by atoms with Gasteiger partial charge >= 0.3 is 12.1 Å². The van der Waals surface area contributed by atoms with E-state index in [0.717, 1.165) is 18.9 Å². The van der Waals surface area contributed by atoms with E-state index in [1.165, 1.54) is 38.8 Å². The van der Waals surface area contributed by atoms with Crippen molar-refractivity contribution in [3.8, 4) is 0 Å². The number of hydroxylamine groups is 2. The molecule has 2 saturated heterocycles. The molecule has 2 fully saturated rings. The van der Waals surface area contributed by atoms with Gasteiger partial charge in [-0.15, -0.1) is 0 Å². The lowest BCUT2D eigenvalue weighted by Crippen LogP contribution is -2.28. The summed E-state index contributed by atoms with van der Waals surface area (Å²) in [7, 11) is 0. The maximum absolute atomic E-state index is 11.3. The van der Waals surface area contributed by atoms with E-state index in [0.29, 0.717) is 13.0 Å². The van der Waals surface area contributed by atoms with Crippen molar-refractivity contribution in [2.75, 3.05) is 26.2 Å². The van der Waals surface area contributed by atoms with Crippen LogP contribution in [0.25, 0.3) is 0 Å². The Balaban J connectivity index is 0.000000322. The molecule has 2 N–H and O–H groups in total. The number of hydrogen-bond donors (Lipinski definition) is 2. The number of carboxylic acids is 1. The number of carbonyl (C=O) groups is 2. The molecule has 2 aliphatic heterocycles. The van der Waals surface area contributed by atoms with Crippen LogP contribution in [0.4, 0.5) is 13.2 Å². The Bertz CT molecular complexity index is 385. The molecular weight excluding hydrogens is 317 g/mol. The fraction of sp³-hybridized carbons (Fsp3) is 0.857. The van der Waals surface area contributed by atoms with E-state index in [9.17, 15) is 18.0 Å². The van der Waals surface area contributed by atoms with Crippen molar-refractivity contribution in [3.05, 3.63) is 0 Å². The van der Waals surface area contributed by atoms with Crippen LogP contribution in [-0.4, -0.2) is 54.5 Å². The quantitative estimate of drug-likeness (QED) is 0.748. The highest BCUT2D eigenvalue weighted by Gasteiger charge is 2.38. The van der Waals surface area contributed by atoms with Crippen LogP contribution in [0.2, 0.25) is 0 Å². The van der Waals surface area contributed by atoms with Crippen LogP contribution in [0.3, 0.4) is 0 Å². The minimum Gasteiger partial charge on any atom is -0.475 e. The van der Waals surface area contributed by atoms with Crippen LogP contribution < -0.4 is 5.32 Å². The van der Waals surface area contributed by atoms with E-state index in [-0.39, 0.29) is 5.91 Å². The smallest absolute Gasteiger partial charge is 0.475 e. The average Bonchev–Trinajstić information content (AvgIpc) is 2.90. The molecule has 0 radical (unpaired) electrons. The Morgan fingerprint density at radius 1 is 1.30 bits per heavy atom. The number of rotatable bonds is 5. The number of hydrogen-bond acceptors (Lipinski definition) is 4. The third kappa shape index (κ3) is 8.17. The van der Waals surface area contributed by atoms with Gasteiger partial charge in [0.2, 0.25) is 5.91 Å². The number of piperidine rings is 1. The average molecular weight is 340 g/mol. The molecule has 0 saturated carbocycles. The topological polar surface area (TPSA) is 78.9 Å². The van der Waals surface area contributed by atoms with Crippen LogP contribution in [0, 0.1) is 5.92 Å². The van der Waals surface area contributed by atoms with E-state index in [4.69, 9.17) is 14.7 Å². The van der Waals surface area contributed by atoms with Gasteiger partial charge in [-0.2, -0.15) is 13.2 Å². The number of alkyl halides is 3. The molecule has 2 rings (SSSR count). The first kappa shape index (κ1) is 19.7. The van der Waals surface area contributed by atoms with Crippen molar-refractivity contribution in [3.63, 3.8) is 0 Å². The minimum atomic E-state index is -5.08. The highest BCUT2D eigenvalue weighted by Crippen LogP contribution is 2.19. The number of nitrogens with one attached hydrogen (secondary N) is 1. The van der Waals surface area contributed by atoms with Crippen LogP contribution >= 0.6 is 0 Å². The van der Waals surface area contributed by atoms with Crippen molar-refractivity contribution in [2.45, 2.75) is 44.7 Å². The van der Waals surface area contributed by atoms with Gasteiger partial charge in [-0.3, -0.25) is 9.63 Å². The lowest BCUT2D eigenvalue weighted by Gasteiger charge is -2.22. The Kier molecular flexibility index (Phi) is 8.32. The van der Waals surface area contributed by atoms with Crippen LogP contribution in [0.15, 0.2) is 0 Å². The number of unbranched alkanes of at least 4 members (excludes halogenated alkanes) is 1. The number of nitrogens with zero attached hydrogens (tertiary/aromatic N) is 1. The van der Waals surface area contributed by atoms with Gasteiger partial charge in [-0.25, -0.2) is 9.86 Å². The van der Waals surface area contributed by atoms with Gasteiger partial charge in [0.05, 0.1) is 13.0 Å². The molecule has 0 aliphatic carbocycles. The van der Waals surface area contributed by atoms with Gasteiger partial charge < -0.3 is 10.4 Å². The Labute approximate surface area is 132 Å². The van der Waals surface area contributed by atoms with Gasteiger partial charge in [0.25, 0.3) is 0 Å². The van der Waals surface area contributed by atoms with E-state index < -0.39 is 12.1 Å². The summed E-state index contributed by atoms with van der Waals surface area (Å²) >= 11 is 0. The second-order valence-corrected chi connectivity index (χ2v) is 5.57. The molecule has 0 bridgehead atoms. The van der Waals surface area contributed by atoms with Crippen molar-refractivity contribution in [1.82, 2.24) is 10.4 Å². The fourth-order valence-electron chi connectivity index (χ4n) is 2.49. The largest absolute Gasteiger partial charge is 0.490 e. The van der Waals surface area contributed by atoms with Crippen molar-refractivity contribution in [2.24, 2.45) is 5.92 Å². The lowest BCUT2D eigenvalue weighted by atomic mass is 9.92. The SMILES string of the molecule is O=C(O)C(F)(F)F.O=C1CCON1CCCCC1CCNCC1. The molecule has 23 heavy (non-hydrogen) atoms. The standard InChI is InChI=1S/C12H22N2O2.C2HF3O2/c15-12-6-10-16-14(12)9-2-1-3-11-4-7-13-8-5-11;3-2(4,5)1(6)7/h11,13H,1-10H2;(H,6,7). The molecule has 9 heteroatoms. The van der Waals surface area contributed by atoms with Crippen molar-refractivity contribution < 1.29 is 32.7 Å². The van der Waals surface area contributed by atoms with Gasteiger partial charge in [0.1, 0.15) is 0 Å². The highest BCUT2D eigenvalue weighted by atomic mass is 19.4. The summed E-state index contributed by atoms with van der Waals surface area (Å²) in [5.74, 6) is -1.70. The lowest BCUT2D eigenvalue weighted by molar-refractivity contribution is -0.192. The summed E-state index contributed by atoms with van der Waals surface area (Å²) in [6.45, 7) is 3.72. The van der Waals surface area contributed by atoms with Crippen LogP contribution in [0.1, 0.15) is 38.5 Å². The number of aliphatic carboxylic acids is 1. The summed E-state index contributed by atoms with van der Waals surface area (Å²) in [4.78, 5) is 25.4. The van der Waals surface area contributed by atoms with E-state index >= 15 is 0 Å². The number of carboxylic acid groups (broad SMARTS) is 1. The van der Waals surface area contributed by atoms with Gasteiger partial charge in [-0.1, -0.05) is 12.8 Å². The second kappa shape index (κ2) is 9.71. The molecule has 0 aromatic rings. The highest BCUT2D eigenvalue weighted by molar-refractivity contribution is 5.76. The summed E-state index contributed by atoms with van der Waals surface area (Å²) in [6.07, 6.45) is 1.73. The first-order chi connectivity index (χ1) is 10.8. The van der Waals surface area contributed by atoms with E-state index in [2.05, 4.69) is 5.32 Å². The molecule has 0 unspecified atom stereocenters. The van der Waals surface area contributed by atoms with Gasteiger partial charge in [0, 0.05) is 6.54 Å². The molecule has 1 amide bonds. The molecule has 0 aromatic carbocycles. The summed E-state index contributed by atoms with van der Waals surface area (Å²) < 4.78 is 31.7. The van der Waals surface area contributed by atoms with E-state index in [1.54, 1.807) is 5.06 Å².